The van der Waals surface area contributed by atoms with Crippen LogP contribution in [-0.2, 0) is 16.1 Å². The molecule has 7 nitrogen and oxygen atoms in total. The maximum absolute atomic E-state index is 13.0. The Kier molecular flexibility index (Phi) is 4.72. The van der Waals surface area contributed by atoms with Gasteiger partial charge in [-0.25, -0.2) is 9.78 Å². The first kappa shape index (κ1) is 18.6. The largest absolute Gasteiger partial charge is 0.474 e. The molecule has 1 aliphatic heterocycles. The minimum absolute atomic E-state index is 0.137. The van der Waals surface area contributed by atoms with Gasteiger partial charge in [-0.05, 0) is 48.3 Å². The number of likely N-dealkylation sites (N-methyl/N-ethyl adjacent to an activating group) is 1. The van der Waals surface area contributed by atoms with Crippen molar-refractivity contribution in [1.29, 1.82) is 0 Å². The van der Waals surface area contributed by atoms with E-state index in [0.717, 1.165) is 28.9 Å². The average molecular weight is 389 g/mol. The Hall–Kier alpha value is -3.74. The van der Waals surface area contributed by atoms with E-state index in [2.05, 4.69) is 0 Å². The maximum atomic E-state index is 13.0. The minimum Gasteiger partial charge on any atom is -0.474 e. The Labute approximate surface area is 166 Å². The number of carbonyl (C=O) groups is 2. The second-order valence-electron chi connectivity index (χ2n) is 6.95. The second kappa shape index (κ2) is 7.35. The van der Waals surface area contributed by atoms with Crippen molar-refractivity contribution in [2.45, 2.75) is 19.4 Å². The number of carboxylic acid groups (broad SMARTS) is 1. The van der Waals surface area contributed by atoms with Crippen LogP contribution < -0.4 is 10.5 Å². The molecule has 1 aliphatic rings. The highest BCUT2D eigenvalue weighted by Crippen LogP contribution is 2.28. The molecule has 2 aromatic carbocycles. The average Bonchev–Trinajstić information content (AvgIpc) is 2.73. The number of allylic oxidation sites excluding steroid dienone is 1. The highest BCUT2D eigenvalue weighted by atomic mass is 16.4. The van der Waals surface area contributed by atoms with Crippen molar-refractivity contribution in [3.05, 3.63) is 70.3 Å². The van der Waals surface area contributed by atoms with Crippen molar-refractivity contribution < 1.29 is 14.7 Å². The Bertz CT molecular complexity index is 1210. The predicted octanol–water partition coefficient (Wildman–Crippen LogP) is 2.78. The van der Waals surface area contributed by atoms with Gasteiger partial charge in [0.25, 0.3) is 5.56 Å². The molecule has 29 heavy (non-hydrogen) atoms. The summed E-state index contributed by atoms with van der Waals surface area (Å²) >= 11 is 0. The number of hydrogen-bond acceptors (Lipinski definition) is 4. The van der Waals surface area contributed by atoms with E-state index < -0.39 is 11.9 Å². The van der Waals surface area contributed by atoms with Crippen molar-refractivity contribution in [3.63, 3.8) is 0 Å². The predicted molar refractivity (Wildman–Crippen MR) is 111 cm³/mol. The molecule has 1 aromatic heterocycles. The van der Waals surface area contributed by atoms with E-state index in [1.807, 2.05) is 36.4 Å². The molecule has 0 spiro atoms. The van der Waals surface area contributed by atoms with E-state index >= 15 is 0 Å². The zero-order valence-corrected chi connectivity index (χ0v) is 15.8. The topological polar surface area (TPSA) is 92.5 Å². The van der Waals surface area contributed by atoms with Gasteiger partial charge in [0.05, 0.1) is 10.9 Å². The van der Waals surface area contributed by atoms with Gasteiger partial charge in [0.1, 0.15) is 5.82 Å². The highest BCUT2D eigenvalue weighted by Gasteiger charge is 2.22. The molecule has 1 N–H and O–H groups in total. The Morgan fingerprint density at radius 2 is 1.93 bits per heavy atom. The Morgan fingerprint density at radius 1 is 1.17 bits per heavy atom. The summed E-state index contributed by atoms with van der Waals surface area (Å²) in [5.41, 5.74) is 2.67. The van der Waals surface area contributed by atoms with Crippen molar-refractivity contribution in [2.24, 2.45) is 0 Å². The Balaban J connectivity index is 1.86. The third-order valence-corrected chi connectivity index (χ3v) is 5.07. The van der Waals surface area contributed by atoms with E-state index in [4.69, 9.17) is 10.1 Å². The van der Waals surface area contributed by atoms with Gasteiger partial charge in [0.15, 0.2) is 0 Å². The molecule has 4 rings (SSSR count). The number of hydrogen-bond donors (Lipinski definition) is 1. The number of fused-ring (bicyclic) bond motifs is 2. The number of anilines is 1. The number of rotatable bonds is 2. The van der Waals surface area contributed by atoms with Gasteiger partial charge < -0.3 is 10.0 Å². The van der Waals surface area contributed by atoms with Crippen molar-refractivity contribution in [3.8, 4) is 0 Å². The van der Waals surface area contributed by atoms with Crippen molar-refractivity contribution in [1.82, 2.24) is 9.55 Å². The van der Waals surface area contributed by atoms with Gasteiger partial charge in [0, 0.05) is 19.3 Å². The zero-order valence-electron chi connectivity index (χ0n) is 15.8. The fraction of sp³-hybridized carbons (Fsp3) is 0.182. The molecule has 0 unspecified atom stereocenters. The van der Waals surface area contributed by atoms with Crippen LogP contribution in [0.3, 0.4) is 0 Å². The number of aliphatic carboxylic acids is 1. The van der Waals surface area contributed by atoms with Crippen LogP contribution in [0.15, 0.2) is 53.3 Å². The number of carbonyl (C=O) groups excluding carboxylic acids is 1. The van der Waals surface area contributed by atoms with Gasteiger partial charge in [0.2, 0.25) is 0 Å². The smallest absolute Gasteiger partial charge is 0.394 e. The number of aromatic nitrogens is 2. The van der Waals surface area contributed by atoms with E-state index in [0.29, 0.717) is 29.0 Å². The molecule has 0 aliphatic carbocycles. The summed E-state index contributed by atoms with van der Waals surface area (Å²) in [7, 11) is 1.38. The van der Waals surface area contributed by atoms with Gasteiger partial charge in [-0.3, -0.25) is 14.2 Å². The van der Waals surface area contributed by atoms with Crippen molar-refractivity contribution in [2.75, 3.05) is 11.9 Å². The second-order valence-corrected chi connectivity index (χ2v) is 6.95. The summed E-state index contributed by atoms with van der Waals surface area (Å²) < 4.78 is 1.69. The molecule has 0 fully saturated rings. The number of benzene rings is 2. The van der Waals surface area contributed by atoms with E-state index in [-0.39, 0.29) is 5.56 Å². The molecule has 0 saturated heterocycles. The van der Waals surface area contributed by atoms with Crippen molar-refractivity contribution >= 4 is 40.1 Å². The monoisotopic (exact) mass is 389 g/mol. The molecule has 0 radical (unpaired) electrons. The third-order valence-electron chi connectivity index (χ3n) is 5.07. The number of amides is 1. The molecule has 7 heteroatoms. The van der Waals surface area contributed by atoms with E-state index in [1.165, 1.54) is 7.05 Å². The number of nitrogens with zero attached hydrogens (tertiary/aromatic N) is 3. The fourth-order valence-corrected chi connectivity index (χ4v) is 3.56. The summed E-state index contributed by atoms with van der Waals surface area (Å²) in [5, 5.41) is 9.38. The first-order valence-corrected chi connectivity index (χ1v) is 9.27. The lowest BCUT2D eigenvalue weighted by atomic mass is 10.0. The van der Waals surface area contributed by atoms with Crippen LogP contribution >= 0.6 is 0 Å². The molecule has 146 valence electrons. The van der Waals surface area contributed by atoms with Crippen LogP contribution in [0, 0.1) is 0 Å². The van der Waals surface area contributed by atoms with E-state index in [9.17, 15) is 14.4 Å². The zero-order chi connectivity index (χ0) is 20.5. The maximum Gasteiger partial charge on any atom is 0.394 e. The van der Waals surface area contributed by atoms with Crippen LogP contribution in [0.25, 0.3) is 22.6 Å². The van der Waals surface area contributed by atoms with Gasteiger partial charge in [-0.2, -0.15) is 0 Å². The van der Waals surface area contributed by atoms with Crippen LogP contribution in [0.5, 0.6) is 0 Å². The van der Waals surface area contributed by atoms with Gasteiger partial charge >= 0.3 is 11.9 Å². The van der Waals surface area contributed by atoms with Gasteiger partial charge in [-0.15, -0.1) is 0 Å². The lowest BCUT2D eigenvalue weighted by Crippen LogP contribution is -2.33. The normalized spacial score (nSPS) is 14.6. The summed E-state index contributed by atoms with van der Waals surface area (Å²) in [4.78, 5) is 41.5. The number of carboxylic acids is 1. The Morgan fingerprint density at radius 3 is 2.66 bits per heavy atom. The third kappa shape index (κ3) is 3.42. The quantitative estimate of drug-likeness (QED) is 0.681. The fourth-order valence-electron chi connectivity index (χ4n) is 3.56. The van der Waals surface area contributed by atoms with Gasteiger partial charge in [-0.1, -0.05) is 30.3 Å². The van der Waals surface area contributed by atoms with Crippen LogP contribution in [0.4, 0.5) is 5.69 Å². The van der Waals surface area contributed by atoms with Crippen LogP contribution in [0.2, 0.25) is 0 Å². The summed E-state index contributed by atoms with van der Waals surface area (Å²) in [6.07, 6.45) is 3.70. The first-order chi connectivity index (χ1) is 14.0. The molecule has 2 heterocycles. The minimum atomic E-state index is -1.54. The standard InChI is InChI=1S/C22H19N3O4/c1-24(21(27)22(28)29)16-9-10-17-18(13-16)23-19-15(8-5-11-25(19)20(17)26)12-14-6-3-2-4-7-14/h2-4,6-7,9-10,12-13H,5,8,11H2,1H3,(H,28,29). The molecular formula is C22H19N3O4. The molecule has 0 saturated carbocycles. The molecule has 0 atom stereocenters. The summed E-state index contributed by atoms with van der Waals surface area (Å²) in [6, 6.07) is 14.6. The first-order valence-electron chi connectivity index (χ1n) is 9.27. The highest BCUT2D eigenvalue weighted by molar-refractivity contribution is 6.37. The molecule has 0 bridgehead atoms. The molecule has 3 aromatic rings. The van der Waals surface area contributed by atoms with E-state index in [1.54, 1.807) is 22.8 Å². The van der Waals surface area contributed by atoms with Crippen LogP contribution in [-0.4, -0.2) is 33.6 Å². The lowest BCUT2D eigenvalue weighted by molar-refractivity contribution is -0.148. The summed E-state index contributed by atoms with van der Waals surface area (Å²) in [6.45, 7) is 0.600. The molecular weight excluding hydrogens is 370 g/mol. The summed E-state index contributed by atoms with van der Waals surface area (Å²) in [5.74, 6) is -1.98. The molecule has 1 amide bonds. The van der Waals surface area contributed by atoms with Crippen LogP contribution in [0.1, 0.15) is 24.2 Å². The SMILES string of the molecule is CN(C(=O)C(=O)O)c1ccc2c(=O)n3c(nc2c1)C(=Cc1ccccc1)CCC3. The lowest BCUT2D eigenvalue weighted by Gasteiger charge is -2.21.